The third kappa shape index (κ3) is 1.87. The van der Waals surface area contributed by atoms with Gasteiger partial charge in [-0.15, -0.1) is 0 Å². The van der Waals surface area contributed by atoms with Gasteiger partial charge in [0, 0.05) is 24.2 Å². The molecule has 0 aliphatic carbocycles. The van der Waals surface area contributed by atoms with Gasteiger partial charge in [-0.3, -0.25) is 0 Å². The number of nitrogens with zero attached hydrogens (tertiary/aromatic N) is 1. The molecule has 1 heterocycles. The van der Waals surface area contributed by atoms with Gasteiger partial charge in [-0.1, -0.05) is 25.1 Å². The average molecular weight is 230 g/mol. The first-order valence-electron chi connectivity index (χ1n) is 6.27. The van der Waals surface area contributed by atoms with Gasteiger partial charge in [-0.25, -0.2) is 0 Å². The summed E-state index contributed by atoms with van der Waals surface area (Å²) in [5.41, 5.74) is 4.16. The van der Waals surface area contributed by atoms with E-state index in [2.05, 4.69) is 62.1 Å². The smallest absolute Gasteiger partial charge is 0.0513 e. The molecule has 0 fully saturated rings. The van der Waals surface area contributed by atoms with Crippen molar-refractivity contribution in [3.63, 3.8) is 0 Å². The average Bonchev–Trinajstić information content (AvgIpc) is 2.68. The van der Waals surface area contributed by atoms with Crippen molar-refractivity contribution >= 4 is 10.9 Å². The first-order chi connectivity index (χ1) is 8.01. The minimum absolute atomic E-state index is 0.00583. The molecule has 1 aromatic carbocycles. The molecule has 92 valence electrons. The fourth-order valence-corrected chi connectivity index (χ4v) is 2.47. The monoisotopic (exact) mass is 230 g/mol. The molecule has 2 rings (SSSR count). The molecule has 1 N–H and O–H groups in total. The van der Waals surface area contributed by atoms with E-state index in [-0.39, 0.29) is 5.54 Å². The Hall–Kier alpha value is -1.28. The molecule has 0 bridgehead atoms. The minimum atomic E-state index is 0.00583. The quantitative estimate of drug-likeness (QED) is 0.857. The Bertz CT molecular complexity index is 535. The van der Waals surface area contributed by atoms with Crippen LogP contribution in [0.15, 0.2) is 24.4 Å². The van der Waals surface area contributed by atoms with Crippen molar-refractivity contribution in [2.24, 2.45) is 7.05 Å². The molecule has 0 unspecified atom stereocenters. The van der Waals surface area contributed by atoms with Gasteiger partial charge < -0.3 is 9.88 Å². The summed E-state index contributed by atoms with van der Waals surface area (Å²) < 4.78 is 2.25. The van der Waals surface area contributed by atoms with E-state index in [1.807, 2.05) is 7.05 Å². The standard InChI is InChI=1S/C15H22N2/c1-6-11-8-7-9-12-13(15(2,3)16-4)10-17(5)14(11)12/h7-10,16H,6H2,1-5H3. The second-order valence-electron chi connectivity index (χ2n) is 5.20. The van der Waals surface area contributed by atoms with Crippen molar-refractivity contribution in [3.05, 3.63) is 35.5 Å². The summed E-state index contributed by atoms with van der Waals surface area (Å²) in [7, 11) is 4.15. The van der Waals surface area contributed by atoms with Crippen LogP contribution in [0.4, 0.5) is 0 Å². The Morgan fingerprint density at radius 2 is 2.00 bits per heavy atom. The maximum absolute atomic E-state index is 3.39. The lowest BCUT2D eigenvalue weighted by atomic mass is 9.93. The molecule has 17 heavy (non-hydrogen) atoms. The maximum atomic E-state index is 3.39. The zero-order chi connectivity index (χ0) is 12.6. The number of aromatic nitrogens is 1. The zero-order valence-electron chi connectivity index (χ0n) is 11.5. The third-order valence-electron chi connectivity index (χ3n) is 3.76. The number of nitrogens with one attached hydrogen (secondary N) is 1. The largest absolute Gasteiger partial charge is 0.350 e. The molecule has 2 aromatic rings. The molecule has 1 aromatic heterocycles. The van der Waals surface area contributed by atoms with E-state index in [4.69, 9.17) is 0 Å². The van der Waals surface area contributed by atoms with Gasteiger partial charge in [0.15, 0.2) is 0 Å². The van der Waals surface area contributed by atoms with E-state index in [9.17, 15) is 0 Å². The van der Waals surface area contributed by atoms with Gasteiger partial charge in [-0.05, 0) is 38.4 Å². The molecule has 0 saturated heterocycles. The van der Waals surface area contributed by atoms with E-state index in [0.29, 0.717) is 0 Å². The highest BCUT2D eigenvalue weighted by atomic mass is 15.0. The lowest BCUT2D eigenvalue weighted by molar-refractivity contribution is 0.447. The predicted octanol–water partition coefficient (Wildman–Crippen LogP) is 3.20. The summed E-state index contributed by atoms with van der Waals surface area (Å²) in [4.78, 5) is 0. The van der Waals surface area contributed by atoms with Gasteiger partial charge in [0.1, 0.15) is 0 Å². The van der Waals surface area contributed by atoms with E-state index in [0.717, 1.165) is 6.42 Å². The van der Waals surface area contributed by atoms with Crippen LogP contribution in [0.1, 0.15) is 31.9 Å². The van der Waals surface area contributed by atoms with Crippen molar-refractivity contribution in [3.8, 4) is 0 Å². The number of hydrogen-bond acceptors (Lipinski definition) is 1. The zero-order valence-corrected chi connectivity index (χ0v) is 11.5. The van der Waals surface area contributed by atoms with Crippen molar-refractivity contribution in [1.29, 1.82) is 0 Å². The van der Waals surface area contributed by atoms with Crippen LogP contribution in [0.25, 0.3) is 10.9 Å². The van der Waals surface area contributed by atoms with E-state index in [1.54, 1.807) is 0 Å². The molecule has 0 spiro atoms. The Morgan fingerprint density at radius 1 is 1.29 bits per heavy atom. The second-order valence-corrected chi connectivity index (χ2v) is 5.20. The van der Waals surface area contributed by atoms with Gasteiger partial charge in [0.2, 0.25) is 0 Å². The second kappa shape index (κ2) is 4.19. The van der Waals surface area contributed by atoms with E-state index >= 15 is 0 Å². The number of rotatable bonds is 3. The van der Waals surface area contributed by atoms with Crippen LogP contribution in [0.2, 0.25) is 0 Å². The van der Waals surface area contributed by atoms with Crippen LogP contribution < -0.4 is 5.32 Å². The van der Waals surface area contributed by atoms with E-state index < -0.39 is 0 Å². The molecule has 0 amide bonds. The topological polar surface area (TPSA) is 17.0 Å². The molecule has 0 atom stereocenters. The Kier molecular flexibility index (Phi) is 3.00. The number of fused-ring (bicyclic) bond motifs is 1. The summed E-state index contributed by atoms with van der Waals surface area (Å²) in [5, 5.41) is 4.75. The molecule has 0 radical (unpaired) electrons. The summed E-state index contributed by atoms with van der Waals surface area (Å²) in [6, 6.07) is 6.61. The summed E-state index contributed by atoms with van der Waals surface area (Å²) in [6.07, 6.45) is 3.33. The number of para-hydroxylation sites is 1. The predicted molar refractivity (Wildman–Crippen MR) is 74.4 cm³/mol. The minimum Gasteiger partial charge on any atom is -0.350 e. The number of hydrogen-bond donors (Lipinski definition) is 1. The molecule has 0 aliphatic heterocycles. The van der Waals surface area contributed by atoms with E-state index in [1.165, 1.54) is 22.0 Å². The molecular formula is C15H22N2. The van der Waals surface area contributed by atoms with Crippen molar-refractivity contribution < 1.29 is 0 Å². The summed E-state index contributed by atoms with van der Waals surface area (Å²) in [5.74, 6) is 0. The van der Waals surface area contributed by atoms with Crippen molar-refractivity contribution in [1.82, 2.24) is 9.88 Å². The van der Waals surface area contributed by atoms with Crippen LogP contribution in [-0.4, -0.2) is 11.6 Å². The summed E-state index contributed by atoms with van der Waals surface area (Å²) >= 11 is 0. The lowest BCUT2D eigenvalue weighted by Gasteiger charge is -2.23. The Morgan fingerprint density at radius 3 is 2.59 bits per heavy atom. The SMILES string of the molecule is CCc1cccc2c(C(C)(C)NC)cn(C)c12. The molecular weight excluding hydrogens is 208 g/mol. The van der Waals surface area contributed by atoms with Crippen LogP contribution in [-0.2, 0) is 19.0 Å². The highest BCUT2D eigenvalue weighted by Crippen LogP contribution is 2.31. The fraction of sp³-hybridized carbons (Fsp3) is 0.467. The van der Waals surface area contributed by atoms with Crippen molar-refractivity contribution in [2.45, 2.75) is 32.7 Å². The summed E-state index contributed by atoms with van der Waals surface area (Å²) in [6.45, 7) is 6.66. The normalized spacial score (nSPS) is 12.3. The molecule has 0 saturated carbocycles. The molecule has 2 heteroatoms. The third-order valence-corrected chi connectivity index (χ3v) is 3.76. The Labute approximate surface area is 104 Å². The first kappa shape index (κ1) is 12.2. The number of benzene rings is 1. The van der Waals surface area contributed by atoms with Crippen molar-refractivity contribution in [2.75, 3.05) is 7.05 Å². The van der Waals surface area contributed by atoms with Crippen LogP contribution in [0.5, 0.6) is 0 Å². The fourth-order valence-electron chi connectivity index (χ4n) is 2.47. The van der Waals surface area contributed by atoms with Gasteiger partial charge >= 0.3 is 0 Å². The van der Waals surface area contributed by atoms with Crippen LogP contribution in [0, 0.1) is 0 Å². The Balaban J connectivity index is 2.77. The van der Waals surface area contributed by atoms with Gasteiger partial charge in [-0.2, -0.15) is 0 Å². The molecule has 2 nitrogen and oxygen atoms in total. The highest BCUT2D eigenvalue weighted by Gasteiger charge is 2.23. The first-order valence-corrected chi connectivity index (χ1v) is 6.27. The van der Waals surface area contributed by atoms with Crippen LogP contribution >= 0.6 is 0 Å². The lowest BCUT2D eigenvalue weighted by Crippen LogP contribution is -2.32. The molecule has 0 aliphatic rings. The van der Waals surface area contributed by atoms with Gasteiger partial charge in [0.05, 0.1) is 5.52 Å². The maximum Gasteiger partial charge on any atom is 0.0513 e. The van der Waals surface area contributed by atoms with Gasteiger partial charge in [0.25, 0.3) is 0 Å². The number of aryl methyl sites for hydroxylation is 2. The van der Waals surface area contributed by atoms with Crippen LogP contribution in [0.3, 0.4) is 0 Å². The highest BCUT2D eigenvalue weighted by molar-refractivity contribution is 5.87.